The molecule has 0 saturated carbocycles. The molecule has 0 fully saturated rings. The number of aryl methyl sites for hydroxylation is 2. The molecule has 0 atom stereocenters. The molecule has 0 aliphatic heterocycles. The van der Waals surface area contributed by atoms with Gasteiger partial charge in [0.15, 0.2) is 0 Å². The van der Waals surface area contributed by atoms with Crippen molar-refractivity contribution in [2.24, 2.45) is 0 Å². The minimum absolute atomic E-state index is 0.181. The largest absolute Gasteiger partial charge is 0.354 e. The molecule has 1 heteroatoms. The molecule has 2 aromatic carbocycles. The number of hydrogen-bond acceptors (Lipinski definition) is 0. The highest BCUT2D eigenvalue weighted by Gasteiger charge is 2.16. The van der Waals surface area contributed by atoms with Crippen molar-refractivity contribution in [2.45, 2.75) is 40.0 Å². The monoisotopic (exact) mass is 277 g/mol. The van der Waals surface area contributed by atoms with Crippen molar-refractivity contribution >= 4 is 10.9 Å². The Morgan fingerprint density at radius 1 is 0.905 bits per heavy atom. The Bertz CT molecular complexity index is 800. The van der Waals surface area contributed by atoms with Crippen LogP contribution in [0.4, 0.5) is 0 Å². The zero-order valence-electron chi connectivity index (χ0n) is 13.5. The Hall–Kier alpha value is -2.02. The lowest BCUT2D eigenvalue weighted by molar-refractivity contribution is 0.591. The fourth-order valence-electron chi connectivity index (χ4n) is 2.92. The number of hydrogen-bond donors (Lipinski definition) is 1. The van der Waals surface area contributed by atoms with E-state index in [1.165, 1.54) is 38.9 Å². The highest BCUT2D eigenvalue weighted by atomic mass is 14.7. The van der Waals surface area contributed by atoms with E-state index in [2.05, 4.69) is 82.1 Å². The van der Waals surface area contributed by atoms with E-state index >= 15 is 0 Å². The van der Waals surface area contributed by atoms with Crippen LogP contribution < -0.4 is 0 Å². The van der Waals surface area contributed by atoms with Crippen LogP contribution in [0.2, 0.25) is 0 Å². The predicted molar refractivity (Wildman–Crippen MR) is 91.9 cm³/mol. The van der Waals surface area contributed by atoms with E-state index in [4.69, 9.17) is 0 Å². The number of fused-ring (bicyclic) bond motifs is 1. The van der Waals surface area contributed by atoms with Crippen molar-refractivity contribution in [3.8, 4) is 11.3 Å². The molecule has 0 saturated heterocycles. The maximum atomic E-state index is 3.60. The van der Waals surface area contributed by atoms with E-state index in [9.17, 15) is 0 Å². The number of nitrogens with one attached hydrogen (secondary N) is 1. The van der Waals surface area contributed by atoms with Crippen LogP contribution in [0, 0.1) is 13.8 Å². The maximum Gasteiger partial charge on any atom is 0.0497 e. The van der Waals surface area contributed by atoms with Crippen LogP contribution in [-0.2, 0) is 5.41 Å². The average Bonchev–Trinajstić information content (AvgIpc) is 2.75. The fourth-order valence-corrected chi connectivity index (χ4v) is 2.92. The van der Waals surface area contributed by atoms with Gasteiger partial charge in [-0.2, -0.15) is 0 Å². The number of rotatable bonds is 1. The summed E-state index contributed by atoms with van der Waals surface area (Å²) in [6, 6.07) is 15.3. The molecule has 21 heavy (non-hydrogen) atoms. The SMILES string of the molecule is Cc1ccccc1-c1[nH]c2ccc(C(C)(C)C)cc2c1C. The van der Waals surface area contributed by atoms with Crippen LogP contribution in [0.5, 0.6) is 0 Å². The average molecular weight is 277 g/mol. The molecular formula is C20H23N. The highest BCUT2D eigenvalue weighted by Crippen LogP contribution is 2.34. The normalized spacial score (nSPS) is 12.0. The lowest BCUT2D eigenvalue weighted by Gasteiger charge is -2.18. The molecule has 1 nitrogen and oxygen atoms in total. The van der Waals surface area contributed by atoms with Crippen LogP contribution in [0.1, 0.15) is 37.5 Å². The molecule has 0 spiro atoms. The molecule has 0 bridgehead atoms. The minimum Gasteiger partial charge on any atom is -0.354 e. The van der Waals surface area contributed by atoms with Crippen LogP contribution in [-0.4, -0.2) is 4.98 Å². The summed E-state index contributed by atoms with van der Waals surface area (Å²) in [5.74, 6) is 0. The number of aromatic nitrogens is 1. The summed E-state index contributed by atoms with van der Waals surface area (Å²) >= 11 is 0. The van der Waals surface area contributed by atoms with Crippen molar-refractivity contribution in [1.29, 1.82) is 0 Å². The molecule has 3 rings (SSSR count). The van der Waals surface area contributed by atoms with E-state index in [1.54, 1.807) is 0 Å². The van der Waals surface area contributed by atoms with Gasteiger partial charge in [-0.1, -0.05) is 51.1 Å². The summed E-state index contributed by atoms with van der Waals surface area (Å²) in [5, 5.41) is 1.33. The Labute approximate surface area is 127 Å². The van der Waals surface area contributed by atoms with Gasteiger partial charge in [0, 0.05) is 22.2 Å². The van der Waals surface area contributed by atoms with Gasteiger partial charge in [-0.3, -0.25) is 0 Å². The van der Waals surface area contributed by atoms with Gasteiger partial charge in [0.05, 0.1) is 0 Å². The van der Waals surface area contributed by atoms with Crippen molar-refractivity contribution in [3.05, 3.63) is 59.2 Å². The van der Waals surface area contributed by atoms with Crippen molar-refractivity contribution in [1.82, 2.24) is 4.98 Å². The minimum atomic E-state index is 0.181. The quantitative estimate of drug-likeness (QED) is 0.583. The second-order valence-corrected chi connectivity index (χ2v) is 6.95. The van der Waals surface area contributed by atoms with Gasteiger partial charge in [-0.15, -0.1) is 0 Å². The summed E-state index contributed by atoms with van der Waals surface area (Å²) in [6.45, 7) is 11.2. The first-order chi connectivity index (χ1) is 9.88. The lowest BCUT2D eigenvalue weighted by atomic mass is 9.86. The van der Waals surface area contributed by atoms with E-state index < -0.39 is 0 Å². The van der Waals surface area contributed by atoms with E-state index in [-0.39, 0.29) is 5.41 Å². The fraction of sp³-hybridized carbons (Fsp3) is 0.300. The van der Waals surface area contributed by atoms with Crippen molar-refractivity contribution in [3.63, 3.8) is 0 Å². The van der Waals surface area contributed by atoms with E-state index in [0.29, 0.717) is 0 Å². The van der Waals surface area contributed by atoms with Gasteiger partial charge in [0.25, 0.3) is 0 Å². The van der Waals surface area contributed by atoms with Crippen molar-refractivity contribution in [2.75, 3.05) is 0 Å². The van der Waals surface area contributed by atoms with Gasteiger partial charge in [-0.25, -0.2) is 0 Å². The first-order valence-corrected chi connectivity index (χ1v) is 7.57. The third-order valence-corrected chi connectivity index (χ3v) is 4.34. The molecule has 0 radical (unpaired) electrons. The van der Waals surface area contributed by atoms with Gasteiger partial charge < -0.3 is 4.98 Å². The van der Waals surface area contributed by atoms with Crippen LogP contribution in [0.3, 0.4) is 0 Å². The highest BCUT2D eigenvalue weighted by molar-refractivity contribution is 5.91. The zero-order valence-corrected chi connectivity index (χ0v) is 13.5. The van der Waals surface area contributed by atoms with Gasteiger partial charge in [0.2, 0.25) is 0 Å². The van der Waals surface area contributed by atoms with Gasteiger partial charge in [0.1, 0.15) is 0 Å². The molecule has 108 valence electrons. The lowest BCUT2D eigenvalue weighted by Crippen LogP contribution is -2.10. The molecule has 0 amide bonds. The molecule has 1 N–H and O–H groups in total. The second kappa shape index (κ2) is 4.77. The summed E-state index contributed by atoms with van der Waals surface area (Å²) < 4.78 is 0. The molecule has 0 aliphatic carbocycles. The van der Waals surface area contributed by atoms with E-state index in [1.807, 2.05) is 0 Å². The molecule has 0 unspecified atom stereocenters. The van der Waals surface area contributed by atoms with Crippen LogP contribution in [0.15, 0.2) is 42.5 Å². The third kappa shape index (κ3) is 2.37. The Morgan fingerprint density at radius 2 is 1.62 bits per heavy atom. The number of aromatic amines is 1. The van der Waals surface area contributed by atoms with Gasteiger partial charge >= 0.3 is 0 Å². The zero-order chi connectivity index (χ0) is 15.2. The summed E-state index contributed by atoms with van der Waals surface area (Å²) in [7, 11) is 0. The molecule has 3 aromatic rings. The smallest absolute Gasteiger partial charge is 0.0497 e. The summed E-state index contributed by atoms with van der Waals surface area (Å²) in [6.07, 6.45) is 0. The molecular weight excluding hydrogens is 254 g/mol. The second-order valence-electron chi connectivity index (χ2n) is 6.95. The Balaban J connectivity index is 2.24. The third-order valence-electron chi connectivity index (χ3n) is 4.34. The topological polar surface area (TPSA) is 15.8 Å². The number of benzene rings is 2. The summed E-state index contributed by atoms with van der Waals surface area (Å²) in [5.41, 5.74) is 7.97. The van der Waals surface area contributed by atoms with Crippen LogP contribution in [0.25, 0.3) is 22.2 Å². The predicted octanol–water partition coefficient (Wildman–Crippen LogP) is 5.75. The maximum absolute atomic E-state index is 3.60. The Kier molecular flexibility index (Phi) is 3.16. The molecule has 1 aromatic heterocycles. The number of H-pyrrole nitrogens is 1. The van der Waals surface area contributed by atoms with Crippen LogP contribution >= 0.6 is 0 Å². The molecule has 0 aliphatic rings. The summed E-state index contributed by atoms with van der Waals surface area (Å²) in [4.78, 5) is 3.60. The Morgan fingerprint density at radius 3 is 2.29 bits per heavy atom. The van der Waals surface area contributed by atoms with Crippen molar-refractivity contribution < 1.29 is 0 Å². The first kappa shape index (κ1) is 13.9. The van der Waals surface area contributed by atoms with Gasteiger partial charge in [-0.05, 0) is 48.1 Å². The first-order valence-electron chi connectivity index (χ1n) is 7.57. The molecule has 1 heterocycles. The van der Waals surface area contributed by atoms with E-state index in [0.717, 1.165) is 0 Å². The standard InChI is InChI=1S/C20H23N/c1-13-8-6-7-9-16(13)19-14(2)17-12-15(20(3,4)5)10-11-18(17)21-19/h6-12,21H,1-5H3.